The third kappa shape index (κ3) is 4.47. The minimum Gasteiger partial charge on any atom is -0.398 e. The predicted molar refractivity (Wildman–Crippen MR) is 116 cm³/mol. The minimum absolute atomic E-state index is 0.187. The molecular formula is C21H23N7O. The second-order valence-corrected chi connectivity index (χ2v) is 6.55. The van der Waals surface area contributed by atoms with Crippen molar-refractivity contribution in [2.45, 2.75) is 12.0 Å². The van der Waals surface area contributed by atoms with Crippen LogP contribution < -0.4 is 10.6 Å². The lowest BCUT2D eigenvalue weighted by atomic mass is 9.95. The van der Waals surface area contributed by atoms with Crippen molar-refractivity contribution in [1.29, 1.82) is 10.8 Å². The van der Waals surface area contributed by atoms with Crippen LogP contribution in [0.3, 0.4) is 0 Å². The summed E-state index contributed by atoms with van der Waals surface area (Å²) in [6.45, 7) is 1.72. The molecule has 2 unspecified atom stereocenters. The molecule has 1 aliphatic rings. The van der Waals surface area contributed by atoms with Gasteiger partial charge in [0, 0.05) is 43.3 Å². The molecule has 2 atom stereocenters. The first-order chi connectivity index (χ1) is 14.1. The van der Waals surface area contributed by atoms with Gasteiger partial charge in [-0.25, -0.2) is 9.97 Å². The monoisotopic (exact) mass is 389 g/mol. The quantitative estimate of drug-likeness (QED) is 0.394. The molecule has 0 radical (unpaired) electrons. The van der Waals surface area contributed by atoms with Gasteiger partial charge in [0.2, 0.25) is 0 Å². The number of hydrogen-bond donors (Lipinski definition) is 3. The fourth-order valence-electron chi connectivity index (χ4n) is 3.14. The first-order valence-electron chi connectivity index (χ1n) is 9.13. The normalized spacial score (nSPS) is 17.7. The van der Waals surface area contributed by atoms with Gasteiger partial charge in [-0.2, -0.15) is 0 Å². The van der Waals surface area contributed by atoms with E-state index in [9.17, 15) is 0 Å². The van der Waals surface area contributed by atoms with Gasteiger partial charge in [0.1, 0.15) is 18.2 Å². The van der Waals surface area contributed by atoms with Crippen molar-refractivity contribution in [3.63, 3.8) is 0 Å². The summed E-state index contributed by atoms with van der Waals surface area (Å²) < 4.78 is 5.50. The van der Waals surface area contributed by atoms with Crippen LogP contribution in [0, 0.1) is 23.2 Å². The summed E-state index contributed by atoms with van der Waals surface area (Å²) in [7, 11) is 1.66. The Morgan fingerprint density at radius 3 is 3.00 bits per heavy atom. The van der Waals surface area contributed by atoms with Crippen LogP contribution in [-0.2, 0) is 4.74 Å². The number of ether oxygens (including phenoxy) is 1. The number of aromatic nitrogens is 2. The maximum Gasteiger partial charge on any atom is 0.135 e. The van der Waals surface area contributed by atoms with Gasteiger partial charge in [0.05, 0.1) is 30.5 Å². The molecule has 1 saturated heterocycles. The van der Waals surface area contributed by atoms with E-state index in [1.165, 1.54) is 12.5 Å². The molecule has 2 heterocycles. The Morgan fingerprint density at radius 2 is 2.28 bits per heavy atom. The van der Waals surface area contributed by atoms with E-state index in [0.717, 1.165) is 5.56 Å². The molecule has 1 aromatic carbocycles. The third-order valence-corrected chi connectivity index (χ3v) is 4.71. The third-order valence-electron chi connectivity index (χ3n) is 4.71. The molecule has 1 fully saturated rings. The molecule has 8 heteroatoms. The van der Waals surface area contributed by atoms with Gasteiger partial charge in [0.25, 0.3) is 0 Å². The second kappa shape index (κ2) is 9.08. The van der Waals surface area contributed by atoms with E-state index in [-0.39, 0.29) is 17.7 Å². The maximum absolute atomic E-state index is 8.66. The molecule has 4 N–H and O–H groups in total. The summed E-state index contributed by atoms with van der Waals surface area (Å²) in [6.07, 6.45) is 9.60. The highest BCUT2D eigenvalue weighted by Crippen LogP contribution is 2.23. The van der Waals surface area contributed by atoms with Crippen LogP contribution in [-0.4, -0.2) is 61.0 Å². The van der Waals surface area contributed by atoms with Crippen molar-refractivity contribution < 1.29 is 4.74 Å². The lowest BCUT2D eigenvalue weighted by molar-refractivity contribution is 0.0776. The van der Waals surface area contributed by atoms with Crippen molar-refractivity contribution in [2.24, 2.45) is 4.99 Å². The predicted octanol–water partition coefficient (Wildman–Crippen LogP) is 1.75. The van der Waals surface area contributed by atoms with Crippen molar-refractivity contribution in [2.75, 3.05) is 37.4 Å². The number of terminal acetylenes is 1. The van der Waals surface area contributed by atoms with Crippen molar-refractivity contribution in [1.82, 2.24) is 9.97 Å². The molecule has 1 aromatic heterocycles. The lowest BCUT2D eigenvalue weighted by Crippen LogP contribution is -2.42. The molecule has 0 saturated carbocycles. The molecule has 0 amide bonds. The molecule has 29 heavy (non-hydrogen) atoms. The van der Waals surface area contributed by atoms with Crippen LogP contribution in [0.15, 0.2) is 35.6 Å². The van der Waals surface area contributed by atoms with Crippen LogP contribution in [0.2, 0.25) is 0 Å². The number of aliphatic imine (C=N–C) groups is 1. The molecule has 8 nitrogen and oxygen atoms in total. The zero-order valence-corrected chi connectivity index (χ0v) is 16.2. The Labute approximate surface area is 169 Å². The van der Waals surface area contributed by atoms with E-state index in [1.807, 2.05) is 11.0 Å². The highest BCUT2D eigenvalue weighted by atomic mass is 16.5. The Balaban J connectivity index is 1.91. The van der Waals surface area contributed by atoms with Crippen molar-refractivity contribution in [3.8, 4) is 12.3 Å². The summed E-state index contributed by atoms with van der Waals surface area (Å²) in [4.78, 5) is 14.6. The van der Waals surface area contributed by atoms with Gasteiger partial charge >= 0.3 is 0 Å². The van der Waals surface area contributed by atoms with E-state index in [2.05, 4.69) is 20.9 Å². The Hall–Kier alpha value is -3.57. The molecule has 3 rings (SSSR count). The Kier molecular flexibility index (Phi) is 6.32. The largest absolute Gasteiger partial charge is 0.398 e. The van der Waals surface area contributed by atoms with Crippen LogP contribution in [0.1, 0.15) is 22.7 Å². The SMILES string of the molecule is C#CC1CN(c2cc(C(=N)c3cc(C(C=N)C=NC)ccc3N)ncn2)CCO1. The summed E-state index contributed by atoms with van der Waals surface area (Å²) in [5.41, 5.74) is 8.63. The lowest BCUT2D eigenvalue weighted by Gasteiger charge is -2.31. The van der Waals surface area contributed by atoms with Gasteiger partial charge in [-0.1, -0.05) is 12.0 Å². The van der Waals surface area contributed by atoms with Gasteiger partial charge < -0.3 is 20.8 Å². The highest BCUT2D eigenvalue weighted by molar-refractivity contribution is 6.13. The number of nitrogens with zero attached hydrogens (tertiary/aromatic N) is 4. The van der Waals surface area contributed by atoms with Crippen LogP contribution >= 0.6 is 0 Å². The number of rotatable bonds is 6. The van der Waals surface area contributed by atoms with Crippen LogP contribution in [0.5, 0.6) is 0 Å². The van der Waals surface area contributed by atoms with E-state index < -0.39 is 0 Å². The molecule has 0 bridgehead atoms. The molecule has 0 aliphatic carbocycles. The minimum atomic E-state index is -0.285. The number of hydrogen-bond acceptors (Lipinski definition) is 8. The second-order valence-electron chi connectivity index (χ2n) is 6.55. The molecular weight excluding hydrogens is 366 g/mol. The highest BCUT2D eigenvalue weighted by Gasteiger charge is 2.21. The molecule has 2 aromatic rings. The number of morpholine rings is 1. The topological polar surface area (TPSA) is 124 Å². The van der Waals surface area contributed by atoms with E-state index in [1.54, 1.807) is 31.5 Å². The number of nitrogens with two attached hydrogens (primary N) is 1. The van der Waals surface area contributed by atoms with Gasteiger partial charge in [-0.3, -0.25) is 10.4 Å². The summed E-state index contributed by atoms with van der Waals surface area (Å²) in [5, 5.41) is 16.3. The number of nitrogen functional groups attached to an aromatic ring is 1. The van der Waals surface area contributed by atoms with Crippen LogP contribution in [0.4, 0.5) is 11.5 Å². The van der Waals surface area contributed by atoms with E-state index in [4.69, 9.17) is 27.7 Å². The first kappa shape index (κ1) is 20.2. The maximum atomic E-state index is 8.66. The van der Waals surface area contributed by atoms with Gasteiger partial charge in [-0.05, 0) is 17.7 Å². The van der Waals surface area contributed by atoms with Crippen molar-refractivity contribution >= 4 is 29.6 Å². The number of anilines is 2. The van der Waals surface area contributed by atoms with E-state index in [0.29, 0.717) is 42.5 Å². The average molecular weight is 389 g/mol. The molecule has 148 valence electrons. The Bertz CT molecular complexity index is 979. The zero-order chi connectivity index (χ0) is 20.8. The van der Waals surface area contributed by atoms with Crippen molar-refractivity contribution in [3.05, 3.63) is 47.4 Å². The summed E-state index contributed by atoms with van der Waals surface area (Å²) in [5.74, 6) is 3.02. The summed E-state index contributed by atoms with van der Waals surface area (Å²) in [6, 6.07) is 7.14. The van der Waals surface area contributed by atoms with Crippen LogP contribution in [0.25, 0.3) is 0 Å². The Morgan fingerprint density at radius 1 is 1.45 bits per heavy atom. The zero-order valence-electron chi connectivity index (χ0n) is 16.2. The number of nitrogens with one attached hydrogen (secondary N) is 2. The van der Waals surface area contributed by atoms with Gasteiger partial charge in [0.15, 0.2) is 0 Å². The molecule has 1 aliphatic heterocycles. The number of benzene rings is 1. The first-order valence-corrected chi connectivity index (χ1v) is 9.13. The van der Waals surface area contributed by atoms with E-state index >= 15 is 0 Å². The average Bonchev–Trinajstić information content (AvgIpc) is 2.77. The van der Waals surface area contributed by atoms with Gasteiger partial charge in [-0.15, -0.1) is 6.42 Å². The fourth-order valence-corrected chi connectivity index (χ4v) is 3.14. The fraction of sp³-hybridized carbons (Fsp3) is 0.286. The summed E-state index contributed by atoms with van der Waals surface area (Å²) >= 11 is 0. The molecule has 0 spiro atoms. The smallest absolute Gasteiger partial charge is 0.135 e. The standard InChI is InChI=1S/C21H23N7O/c1-3-16-12-28(6-7-29-16)20-9-19(26-13-27-20)21(24)17-8-14(4-5-18(17)23)15(10-22)11-25-2/h1,4-5,8-11,13,15-16,22,24H,6-7,12,23H2,2H3.